The van der Waals surface area contributed by atoms with Crippen molar-refractivity contribution < 1.29 is 4.79 Å². The molecule has 0 bridgehead atoms. The molecule has 0 saturated carbocycles. The molecule has 0 atom stereocenters. The maximum atomic E-state index is 12.2. The van der Waals surface area contributed by atoms with E-state index in [-0.39, 0.29) is 6.03 Å². The first-order chi connectivity index (χ1) is 12.1. The number of urea groups is 1. The summed E-state index contributed by atoms with van der Waals surface area (Å²) in [4.78, 5) is 12.2. The molecule has 3 rings (SSSR count). The highest BCUT2D eigenvalue weighted by Crippen LogP contribution is 2.20. The number of benzene rings is 2. The molecule has 0 saturated heterocycles. The van der Waals surface area contributed by atoms with E-state index in [1.165, 1.54) is 0 Å². The highest BCUT2D eigenvalue weighted by molar-refractivity contribution is 5.90. The maximum Gasteiger partial charge on any atom is 0.319 e. The Bertz CT molecular complexity index is 881. The van der Waals surface area contributed by atoms with E-state index in [0.717, 1.165) is 33.9 Å². The van der Waals surface area contributed by atoms with Crippen LogP contribution in [-0.4, -0.2) is 10.6 Å². The van der Waals surface area contributed by atoms with Crippen molar-refractivity contribution in [1.29, 1.82) is 0 Å². The average Bonchev–Trinajstić information content (AvgIpc) is 2.89. The van der Waals surface area contributed by atoms with Crippen LogP contribution in [0.2, 0.25) is 0 Å². The number of para-hydroxylation sites is 2. The molecule has 1 aromatic heterocycles. The van der Waals surface area contributed by atoms with Crippen LogP contribution in [0.1, 0.15) is 22.5 Å². The van der Waals surface area contributed by atoms with E-state index < -0.39 is 0 Å². The van der Waals surface area contributed by atoms with Crippen LogP contribution in [0, 0.1) is 20.8 Å². The summed E-state index contributed by atoms with van der Waals surface area (Å²) in [7, 11) is 0. The zero-order chi connectivity index (χ0) is 17.8. The topological polar surface area (TPSA) is 46.1 Å². The monoisotopic (exact) mass is 333 g/mol. The number of rotatable bonds is 4. The highest BCUT2D eigenvalue weighted by Gasteiger charge is 2.11. The van der Waals surface area contributed by atoms with Crippen molar-refractivity contribution >= 4 is 11.7 Å². The van der Waals surface area contributed by atoms with Crippen molar-refractivity contribution in [3.63, 3.8) is 0 Å². The van der Waals surface area contributed by atoms with E-state index in [1.54, 1.807) is 0 Å². The van der Waals surface area contributed by atoms with Crippen LogP contribution >= 0.6 is 0 Å². The molecule has 2 aromatic carbocycles. The fourth-order valence-corrected chi connectivity index (χ4v) is 3.04. The standard InChI is InChI=1S/C21H23N3O/c1-15-9-7-8-12-20(15)23-21(25)22-14-18-13-16(2)24(17(18)3)19-10-5-4-6-11-19/h4-13H,14H2,1-3H3,(H2,22,23,25). The van der Waals surface area contributed by atoms with Gasteiger partial charge >= 0.3 is 6.03 Å². The molecule has 3 aromatic rings. The normalized spacial score (nSPS) is 10.5. The van der Waals surface area contributed by atoms with Crippen molar-refractivity contribution in [2.75, 3.05) is 5.32 Å². The van der Waals surface area contributed by atoms with Gasteiger partial charge in [0.15, 0.2) is 0 Å². The third kappa shape index (κ3) is 3.74. The summed E-state index contributed by atoms with van der Waals surface area (Å²) in [5.74, 6) is 0. The third-order valence-electron chi connectivity index (χ3n) is 4.38. The summed E-state index contributed by atoms with van der Waals surface area (Å²) in [6.07, 6.45) is 0. The smallest absolute Gasteiger partial charge is 0.319 e. The molecular formula is C21H23N3O. The van der Waals surface area contributed by atoms with Crippen molar-refractivity contribution in [3.05, 3.63) is 83.2 Å². The van der Waals surface area contributed by atoms with E-state index in [1.807, 2.05) is 49.4 Å². The molecule has 128 valence electrons. The Labute approximate surface area is 148 Å². The Kier molecular flexibility index (Phi) is 4.89. The van der Waals surface area contributed by atoms with Crippen LogP contribution in [0.4, 0.5) is 10.5 Å². The van der Waals surface area contributed by atoms with Gasteiger partial charge in [-0.1, -0.05) is 36.4 Å². The number of anilines is 1. The lowest BCUT2D eigenvalue weighted by Gasteiger charge is -2.11. The predicted molar refractivity (Wildman–Crippen MR) is 102 cm³/mol. The van der Waals surface area contributed by atoms with Gasteiger partial charge in [-0.2, -0.15) is 0 Å². The first kappa shape index (κ1) is 16.8. The van der Waals surface area contributed by atoms with Crippen LogP contribution in [0.5, 0.6) is 0 Å². The molecule has 25 heavy (non-hydrogen) atoms. The SMILES string of the molecule is Cc1ccccc1NC(=O)NCc1cc(C)n(-c2ccccc2)c1C. The maximum absolute atomic E-state index is 12.2. The van der Waals surface area contributed by atoms with Gasteiger partial charge in [0.1, 0.15) is 0 Å². The van der Waals surface area contributed by atoms with Gasteiger partial charge < -0.3 is 15.2 Å². The largest absolute Gasteiger partial charge is 0.334 e. The van der Waals surface area contributed by atoms with E-state index in [4.69, 9.17) is 0 Å². The number of nitrogens with zero attached hydrogens (tertiary/aromatic N) is 1. The van der Waals surface area contributed by atoms with Crippen LogP contribution in [0.15, 0.2) is 60.7 Å². The molecular weight excluding hydrogens is 310 g/mol. The molecule has 2 N–H and O–H groups in total. The Hall–Kier alpha value is -3.01. The van der Waals surface area contributed by atoms with Crippen LogP contribution in [-0.2, 0) is 6.54 Å². The van der Waals surface area contributed by atoms with Crippen molar-refractivity contribution in [2.24, 2.45) is 0 Å². The second-order valence-corrected chi connectivity index (χ2v) is 6.19. The molecule has 4 nitrogen and oxygen atoms in total. The number of carbonyl (C=O) groups is 1. The minimum absolute atomic E-state index is 0.196. The first-order valence-corrected chi connectivity index (χ1v) is 8.40. The summed E-state index contributed by atoms with van der Waals surface area (Å²) in [5, 5.41) is 5.84. The fourth-order valence-electron chi connectivity index (χ4n) is 3.04. The summed E-state index contributed by atoms with van der Waals surface area (Å²) >= 11 is 0. The van der Waals surface area contributed by atoms with E-state index in [9.17, 15) is 4.79 Å². The molecule has 0 aliphatic rings. The molecule has 4 heteroatoms. The zero-order valence-corrected chi connectivity index (χ0v) is 14.8. The van der Waals surface area contributed by atoms with Gasteiger partial charge in [0, 0.05) is 29.3 Å². The number of hydrogen-bond donors (Lipinski definition) is 2. The summed E-state index contributed by atoms with van der Waals surface area (Å²) in [6.45, 7) is 6.63. The minimum atomic E-state index is -0.196. The molecule has 2 amide bonds. The average molecular weight is 333 g/mol. The number of aryl methyl sites for hydroxylation is 2. The Balaban J connectivity index is 1.70. The molecule has 0 spiro atoms. The second-order valence-electron chi connectivity index (χ2n) is 6.19. The fraction of sp³-hybridized carbons (Fsp3) is 0.190. The van der Waals surface area contributed by atoms with Crippen LogP contribution < -0.4 is 10.6 Å². The van der Waals surface area contributed by atoms with Gasteiger partial charge in [0.2, 0.25) is 0 Å². The van der Waals surface area contributed by atoms with E-state index >= 15 is 0 Å². The van der Waals surface area contributed by atoms with Crippen LogP contribution in [0.25, 0.3) is 5.69 Å². The zero-order valence-electron chi connectivity index (χ0n) is 14.8. The number of amides is 2. The lowest BCUT2D eigenvalue weighted by Crippen LogP contribution is -2.28. The quantitative estimate of drug-likeness (QED) is 0.713. The van der Waals surface area contributed by atoms with Gasteiger partial charge in [-0.25, -0.2) is 4.79 Å². The summed E-state index contributed by atoms with van der Waals surface area (Å²) in [6, 6.07) is 19.9. The number of hydrogen-bond acceptors (Lipinski definition) is 1. The molecule has 0 unspecified atom stereocenters. The van der Waals surface area contributed by atoms with Gasteiger partial charge in [0.05, 0.1) is 0 Å². The predicted octanol–water partition coefficient (Wildman–Crippen LogP) is 4.72. The van der Waals surface area contributed by atoms with Gasteiger partial charge in [-0.15, -0.1) is 0 Å². The Morgan fingerprint density at radius 1 is 0.960 bits per heavy atom. The van der Waals surface area contributed by atoms with Crippen molar-refractivity contribution in [3.8, 4) is 5.69 Å². The molecule has 0 aliphatic heterocycles. The lowest BCUT2D eigenvalue weighted by molar-refractivity contribution is 0.251. The Morgan fingerprint density at radius 3 is 2.36 bits per heavy atom. The Morgan fingerprint density at radius 2 is 1.64 bits per heavy atom. The van der Waals surface area contributed by atoms with Gasteiger partial charge in [0.25, 0.3) is 0 Å². The van der Waals surface area contributed by atoms with Crippen molar-refractivity contribution in [2.45, 2.75) is 27.3 Å². The molecule has 0 fully saturated rings. The second kappa shape index (κ2) is 7.26. The van der Waals surface area contributed by atoms with Gasteiger partial charge in [-0.3, -0.25) is 0 Å². The van der Waals surface area contributed by atoms with Crippen molar-refractivity contribution in [1.82, 2.24) is 9.88 Å². The molecule has 1 heterocycles. The summed E-state index contributed by atoms with van der Waals surface area (Å²) < 4.78 is 2.20. The molecule has 0 radical (unpaired) electrons. The number of aromatic nitrogens is 1. The van der Waals surface area contributed by atoms with Gasteiger partial charge in [-0.05, 0) is 56.2 Å². The van der Waals surface area contributed by atoms with E-state index in [2.05, 4.69) is 47.2 Å². The highest BCUT2D eigenvalue weighted by atomic mass is 16.2. The third-order valence-corrected chi connectivity index (χ3v) is 4.38. The number of nitrogens with one attached hydrogen (secondary N) is 2. The molecule has 0 aliphatic carbocycles. The summed E-state index contributed by atoms with van der Waals surface area (Å²) in [5.41, 5.74) is 6.41. The lowest BCUT2D eigenvalue weighted by atomic mass is 10.2. The number of carbonyl (C=O) groups excluding carboxylic acids is 1. The first-order valence-electron chi connectivity index (χ1n) is 8.40. The minimum Gasteiger partial charge on any atom is -0.334 e. The van der Waals surface area contributed by atoms with E-state index in [0.29, 0.717) is 6.54 Å². The van der Waals surface area contributed by atoms with Crippen LogP contribution in [0.3, 0.4) is 0 Å².